The predicted molar refractivity (Wildman–Crippen MR) is 61.4 cm³/mol. The summed E-state index contributed by atoms with van der Waals surface area (Å²) in [5.74, 6) is -0.726. The average molecular weight is 238 g/mol. The normalized spacial score (nSPS) is 10.0. The van der Waals surface area contributed by atoms with Gasteiger partial charge < -0.3 is 4.74 Å². The van der Waals surface area contributed by atoms with E-state index in [-0.39, 0.29) is 11.5 Å². The zero-order valence-electron chi connectivity index (χ0n) is 9.74. The summed E-state index contributed by atoms with van der Waals surface area (Å²) in [4.78, 5) is 21.4. The summed E-state index contributed by atoms with van der Waals surface area (Å²) < 4.78 is 17.5. The molecular formula is C13H15FO3. The molecule has 1 aromatic carbocycles. The smallest absolute Gasteiger partial charge is 0.305 e. The van der Waals surface area contributed by atoms with E-state index in [0.29, 0.717) is 12.7 Å². The van der Waals surface area contributed by atoms with Crippen LogP contribution in [0.5, 0.6) is 0 Å². The molecule has 92 valence electrons. The fraction of sp³-hybridized carbons (Fsp3) is 0.385. The maximum Gasteiger partial charge on any atom is 0.305 e. The number of esters is 1. The summed E-state index contributed by atoms with van der Waals surface area (Å²) in [7, 11) is 1.36. The number of carbonyl (C=O) groups excluding carboxylic acids is 2. The molecule has 1 rings (SSSR count). The number of hydrogen-bond donors (Lipinski definition) is 0. The van der Waals surface area contributed by atoms with E-state index in [1.165, 1.54) is 13.2 Å². The van der Waals surface area contributed by atoms with Gasteiger partial charge in [-0.05, 0) is 37.0 Å². The zero-order chi connectivity index (χ0) is 12.7. The van der Waals surface area contributed by atoms with Crippen molar-refractivity contribution in [3.05, 3.63) is 35.1 Å². The maximum atomic E-state index is 13.0. The average Bonchev–Trinajstić information content (AvgIpc) is 2.36. The number of aldehydes is 1. The number of carbonyl (C=O) groups is 2. The van der Waals surface area contributed by atoms with Crippen LogP contribution in [-0.4, -0.2) is 19.4 Å². The topological polar surface area (TPSA) is 43.4 Å². The van der Waals surface area contributed by atoms with Crippen LogP contribution in [-0.2, 0) is 16.0 Å². The minimum atomic E-state index is -0.502. The van der Waals surface area contributed by atoms with Crippen molar-refractivity contribution in [2.24, 2.45) is 0 Å². The van der Waals surface area contributed by atoms with Crippen molar-refractivity contribution in [1.82, 2.24) is 0 Å². The van der Waals surface area contributed by atoms with Crippen molar-refractivity contribution in [2.45, 2.75) is 25.7 Å². The molecule has 4 heteroatoms. The second-order valence-corrected chi connectivity index (χ2v) is 3.76. The van der Waals surface area contributed by atoms with Crippen molar-refractivity contribution >= 4 is 12.3 Å². The number of halogens is 1. The summed E-state index contributed by atoms with van der Waals surface area (Å²) in [6.07, 6.45) is 3.14. The third kappa shape index (κ3) is 4.34. The molecule has 0 bridgehead atoms. The Bertz CT molecular complexity index is 402. The first-order chi connectivity index (χ1) is 8.17. The Labute approximate surface area is 99.6 Å². The first-order valence-corrected chi connectivity index (χ1v) is 5.47. The van der Waals surface area contributed by atoms with Crippen LogP contribution < -0.4 is 0 Å². The summed E-state index contributed by atoms with van der Waals surface area (Å²) >= 11 is 0. The molecule has 0 N–H and O–H groups in total. The molecule has 0 amide bonds. The van der Waals surface area contributed by atoms with Crippen molar-refractivity contribution in [3.8, 4) is 0 Å². The predicted octanol–water partition coefficient (Wildman–Crippen LogP) is 2.52. The standard InChI is InChI=1S/C13H15FO3/c1-17-13(16)5-3-2-4-10-6-7-12(14)11(8-10)9-15/h6-9H,2-5H2,1H3. The fourth-order valence-corrected chi connectivity index (χ4v) is 1.54. The Kier molecular flexibility index (Phi) is 5.33. The lowest BCUT2D eigenvalue weighted by atomic mass is 10.0. The monoisotopic (exact) mass is 238 g/mol. The second kappa shape index (κ2) is 6.78. The van der Waals surface area contributed by atoms with Crippen molar-refractivity contribution in [1.29, 1.82) is 0 Å². The third-order valence-electron chi connectivity index (χ3n) is 2.51. The molecule has 0 aliphatic rings. The molecule has 0 spiro atoms. The third-order valence-corrected chi connectivity index (χ3v) is 2.51. The molecule has 0 atom stereocenters. The first kappa shape index (κ1) is 13.4. The number of ether oxygens (including phenoxy) is 1. The van der Waals surface area contributed by atoms with E-state index in [1.807, 2.05) is 0 Å². The summed E-state index contributed by atoms with van der Waals surface area (Å²) in [5.41, 5.74) is 0.980. The highest BCUT2D eigenvalue weighted by molar-refractivity contribution is 5.75. The van der Waals surface area contributed by atoms with Gasteiger partial charge >= 0.3 is 5.97 Å². The molecule has 0 heterocycles. The van der Waals surface area contributed by atoms with Gasteiger partial charge in [-0.3, -0.25) is 9.59 Å². The number of unbranched alkanes of at least 4 members (excludes halogenated alkanes) is 1. The van der Waals surface area contributed by atoms with E-state index in [2.05, 4.69) is 4.74 Å². The molecule has 0 aromatic heterocycles. The summed E-state index contributed by atoms with van der Waals surface area (Å²) in [5, 5.41) is 0. The molecule has 0 fully saturated rings. The highest BCUT2D eigenvalue weighted by Crippen LogP contribution is 2.12. The molecule has 1 aromatic rings. The lowest BCUT2D eigenvalue weighted by molar-refractivity contribution is -0.140. The largest absolute Gasteiger partial charge is 0.469 e. The Morgan fingerprint density at radius 2 is 2.18 bits per heavy atom. The van der Waals surface area contributed by atoms with Crippen LogP contribution in [0.25, 0.3) is 0 Å². The van der Waals surface area contributed by atoms with E-state index < -0.39 is 5.82 Å². The fourth-order valence-electron chi connectivity index (χ4n) is 1.54. The Balaban J connectivity index is 2.42. The minimum Gasteiger partial charge on any atom is -0.469 e. The minimum absolute atomic E-state index is 0.0791. The molecular weight excluding hydrogens is 223 g/mol. The molecule has 0 aliphatic heterocycles. The molecule has 0 aliphatic carbocycles. The van der Waals surface area contributed by atoms with Gasteiger partial charge in [0.2, 0.25) is 0 Å². The van der Waals surface area contributed by atoms with Gasteiger partial charge in [-0.15, -0.1) is 0 Å². The number of hydrogen-bond acceptors (Lipinski definition) is 3. The second-order valence-electron chi connectivity index (χ2n) is 3.76. The van der Waals surface area contributed by atoms with Gasteiger partial charge in [-0.1, -0.05) is 6.07 Å². The first-order valence-electron chi connectivity index (χ1n) is 5.47. The Morgan fingerprint density at radius 1 is 1.41 bits per heavy atom. The summed E-state index contributed by atoms with van der Waals surface area (Å²) in [6, 6.07) is 4.49. The van der Waals surface area contributed by atoms with Crippen LogP contribution in [0, 0.1) is 5.82 Å². The van der Waals surface area contributed by atoms with Gasteiger partial charge in [0.05, 0.1) is 12.7 Å². The molecule has 17 heavy (non-hydrogen) atoms. The van der Waals surface area contributed by atoms with Crippen LogP contribution in [0.15, 0.2) is 18.2 Å². The van der Waals surface area contributed by atoms with Crippen molar-refractivity contribution in [3.63, 3.8) is 0 Å². The number of methoxy groups -OCH3 is 1. The molecule has 0 unspecified atom stereocenters. The van der Waals surface area contributed by atoms with E-state index in [9.17, 15) is 14.0 Å². The van der Waals surface area contributed by atoms with Gasteiger partial charge in [0.15, 0.2) is 6.29 Å². The van der Waals surface area contributed by atoms with Crippen LogP contribution >= 0.6 is 0 Å². The highest BCUT2D eigenvalue weighted by atomic mass is 19.1. The van der Waals surface area contributed by atoms with Crippen LogP contribution in [0.4, 0.5) is 4.39 Å². The molecule has 3 nitrogen and oxygen atoms in total. The maximum absolute atomic E-state index is 13.0. The highest BCUT2D eigenvalue weighted by Gasteiger charge is 2.03. The number of rotatable bonds is 6. The molecule has 0 saturated heterocycles. The van der Waals surface area contributed by atoms with Crippen molar-refractivity contribution in [2.75, 3.05) is 7.11 Å². The van der Waals surface area contributed by atoms with Gasteiger partial charge in [-0.2, -0.15) is 0 Å². The Hall–Kier alpha value is -1.71. The van der Waals surface area contributed by atoms with Gasteiger partial charge in [0.1, 0.15) is 5.82 Å². The van der Waals surface area contributed by atoms with E-state index in [0.717, 1.165) is 24.8 Å². The zero-order valence-corrected chi connectivity index (χ0v) is 9.74. The van der Waals surface area contributed by atoms with Crippen molar-refractivity contribution < 1.29 is 18.7 Å². The summed E-state index contributed by atoms with van der Waals surface area (Å²) in [6.45, 7) is 0. The number of benzene rings is 1. The van der Waals surface area contributed by atoms with E-state index in [1.54, 1.807) is 12.1 Å². The van der Waals surface area contributed by atoms with Crippen LogP contribution in [0.2, 0.25) is 0 Å². The lowest BCUT2D eigenvalue weighted by Gasteiger charge is -2.03. The van der Waals surface area contributed by atoms with Crippen LogP contribution in [0.3, 0.4) is 0 Å². The lowest BCUT2D eigenvalue weighted by Crippen LogP contribution is -2.00. The van der Waals surface area contributed by atoms with Gasteiger partial charge in [-0.25, -0.2) is 4.39 Å². The molecule has 0 saturated carbocycles. The van der Waals surface area contributed by atoms with E-state index >= 15 is 0 Å². The van der Waals surface area contributed by atoms with Gasteiger partial charge in [0, 0.05) is 6.42 Å². The number of aryl methyl sites for hydroxylation is 1. The van der Waals surface area contributed by atoms with Gasteiger partial charge in [0.25, 0.3) is 0 Å². The molecule has 0 radical (unpaired) electrons. The van der Waals surface area contributed by atoms with Crippen LogP contribution in [0.1, 0.15) is 35.2 Å². The van der Waals surface area contributed by atoms with E-state index in [4.69, 9.17) is 0 Å². The SMILES string of the molecule is COC(=O)CCCCc1ccc(F)c(C=O)c1. The quantitative estimate of drug-likeness (QED) is 0.434. The Morgan fingerprint density at radius 3 is 2.82 bits per heavy atom.